The number of primary sulfonamides is 1. The lowest BCUT2D eigenvalue weighted by Crippen LogP contribution is -2.58. The highest BCUT2D eigenvalue weighted by atomic mass is 32.2. The van der Waals surface area contributed by atoms with Crippen LogP contribution in [0.3, 0.4) is 0 Å². The molecule has 0 bridgehead atoms. The van der Waals surface area contributed by atoms with Crippen LogP contribution in [-0.4, -0.2) is 161 Å². The first-order chi connectivity index (χ1) is 48.3. The number of hydrogen-bond donors (Lipinski definition) is 7. The molecule has 0 radical (unpaired) electrons. The van der Waals surface area contributed by atoms with Crippen LogP contribution in [0.2, 0.25) is 0 Å². The molecule has 2 aromatic heterocycles. The van der Waals surface area contributed by atoms with Gasteiger partial charge in [0.25, 0.3) is 16.3 Å². The predicted molar refractivity (Wildman–Crippen MR) is 385 cm³/mol. The van der Waals surface area contributed by atoms with Crippen LogP contribution in [0.15, 0.2) is 121 Å². The molecule has 6 heterocycles. The van der Waals surface area contributed by atoms with E-state index in [4.69, 9.17) is 24.1 Å². The fourth-order valence-corrected chi connectivity index (χ4v) is 17.2. The van der Waals surface area contributed by atoms with Gasteiger partial charge >= 0.3 is 5.97 Å². The summed E-state index contributed by atoms with van der Waals surface area (Å²) in [5, 5.41) is 28.4. The van der Waals surface area contributed by atoms with E-state index in [2.05, 4.69) is 36.0 Å². The van der Waals surface area contributed by atoms with Crippen LogP contribution in [-0.2, 0) is 48.8 Å². The van der Waals surface area contributed by atoms with E-state index in [9.17, 15) is 50.7 Å². The number of hydrogen-bond acceptors (Lipinski definition) is 20. The molecule has 8 aliphatic rings. The van der Waals surface area contributed by atoms with E-state index in [1.54, 1.807) is 37.9 Å². The number of carboxylic acids is 1. The van der Waals surface area contributed by atoms with Crippen molar-refractivity contribution in [2.45, 2.75) is 186 Å². The number of fused-ring (bicyclic) bond motifs is 6. The summed E-state index contributed by atoms with van der Waals surface area (Å²) in [4.78, 5) is 95.3. The standard InChI is InChI=1S/C36H43N5O7S2.C32H36N4O6S.C4H9NO2S/c1-35(17-18-35)50(45,46)40-33(44)36-21-23(36)11-6-4-3-5-7-15-28(37-24-12-10-13-25(19-24)47-2)32(43)41-22-26(20-29(41)31(42)39-36)48-34-38-27-14-8-9-16-30(27)49-34;1-41-22-12-9-11-21(16-22)33-25-14-6-4-2-3-5-10-20-18-32(20,30(39)40)35-28(37)26-17-23(19-36(26)29(25)38)42-31-34-24-13-7-8-15-27(24)43-31;1-4(2-3-4)8(5,6)7/h6,8-14,16,19,23,26,28-29,37H,3-5,7,15,17-18,20-22H2,1-2H3,(H,39,42)(H,40,44);5,7-13,15-16,20,23,25-26,33H,2-4,6,14,17-19H2,1H3,(H,35,37)(H,39,40);2-3H2,1H3,(H2,5,6,7)/b11-6-;10-5-;/t23-,26-,28+,29+,36-;20-,23-,25+,26+,32-;/m11./s1. The summed E-state index contributed by atoms with van der Waals surface area (Å²) in [6.45, 7) is 3.61. The highest BCUT2D eigenvalue weighted by molar-refractivity contribution is 7.91. The maximum Gasteiger partial charge on any atom is 0.330 e. The zero-order valence-electron chi connectivity index (χ0n) is 57.0. The molecule has 25 nitrogen and oxygen atoms in total. The lowest BCUT2D eigenvalue weighted by molar-refractivity contribution is -0.145. The number of nitrogens with zero attached hydrogens (tertiary/aromatic N) is 4. The molecule has 0 spiro atoms. The topological polar surface area (TPSA) is 346 Å². The van der Waals surface area contributed by atoms with E-state index in [1.165, 1.54) is 22.7 Å². The van der Waals surface area contributed by atoms with Crippen molar-refractivity contribution < 1.29 is 69.7 Å². The Labute approximate surface area is 595 Å². The molecular weight excluding hydrogens is 1370 g/mol. The van der Waals surface area contributed by atoms with Crippen LogP contribution < -0.4 is 50.1 Å². The van der Waals surface area contributed by atoms with Gasteiger partial charge in [-0.25, -0.2) is 36.7 Å². The number of para-hydroxylation sites is 2. The second-order valence-electron chi connectivity index (χ2n) is 28.1. The summed E-state index contributed by atoms with van der Waals surface area (Å²) >= 11 is 2.81. The molecule has 14 rings (SSSR count). The van der Waals surface area contributed by atoms with Crippen LogP contribution in [0, 0.1) is 11.8 Å². The van der Waals surface area contributed by atoms with Gasteiger partial charge in [-0.05, 0) is 139 Å². The van der Waals surface area contributed by atoms with Gasteiger partial charge in [-0.1, -0.05) is 109 Å². The predicted octanol–water partition coefficient (Wildman–Crippen LogP) is 8.97. The van der Waals surface area contributed by atoms with Crippen molar-refractivity contribution >= 4 is 110 Å². The van der Waals surface area contributed by atoms with E-state index < -0.39 is 101 Å². The maximum atomic E-state index is 14.5. The summed E-state index contributed by atoms with van der Waals surface area (Å²) < 4.78 is 73.2. The van der Waals surface area contributed by atoms with Gasteiger partial charge in [0.2, 0.25) is 43.7 Å². The summed E-state index contributed by atoms with van der Waals surface area (Å²) in [5.74, 6) is -2.61. The lowest BCUT2D eigenvalue weighted by atomic mass is 10.0. The van der Waals surface area contributed by atoms with Gasteiger partial charge < -0.3 is 55.1 Å². The van der Waals surface area contributed by atoms with Gasteiger partial charge in [-0.3, -0.25) is 28.7 Å². The molecule has 4 aromatic carbocycles. The molecule has 29 heteroatoms. The Morgan fingerprint density at radius 1 is 0.604 bits per heavy atom. The van der Waals surface area contributed by atoms with Crippen molar-refractivity contribution in [3.8, 4) is 21.9 Å². The van der Waals surface area contributed by atoms with Crippen molar-refractivity contribution in [1.82, 2.24) is 35.1 Å². The highest BCUT2D eigenvalue weighted by Gasteiger charge is 2.64. The summed E-state index contributed by atoms with van der Waals surface area (Å²) in [5.41, 5.74) is 0.285. The number of anilines is 2. The number of methoxy groups -OCH3 is 2. The van der Waals surface area contributed by atoms with Gasteiger partial charge in [0.1, 0.15) is 59.0 Å². The zero-order chi connectivity index (χ0) is 71.5. The molecule has 540 valence electrons. The highest BCUT2D eigenvalue weighted by Crippen LogP contribution is 2.49. The fourth-order valence-electron chi connectivity index (χ4n) is 13.5. The van der Waals surface area contributed by atoms with E-state index >= 15 is 0 Å². The number of nitrogens with two attached hydrogens (primary N) is 1. The Morgan fingerprint density at radius 3 is 1.48 bits per heavy atom. The van der Waals surface area contributed by atoms with E-state index in [0.29, 0.717) is 59.7 Å². The molecule has 6 aromatic rings. The van der Waals surface area contributed by atoms with Gasteiger partial charge in [0.05, 0.1) is 57.2 Å². The SMILES string of the molecule is CC1(S(N)(=O)=O)CC1.COc1cccc(N[C@H]2CCCCC/C=C\[C@@H]3C[C@@]3(C(=O)NS(=O)(=O)C3(C)CC3)NC(=O)[C@@H]3C[C@@H](Oc4nc5ccccc5s4)CN3C2=O)c1.COc1cccc(N[C@H]2CCCCC/C=C\[C@@H]3C[C@@]3(C(=O)O)NC(=O)[C@@H]3C[C@@H](Oc4nc5ccccc5s4)CN3C2=O)c1. The Bertz CT molecular complexity index is 4320. The average Bonchev–Trinajstić information content (AvgIpc) is 1.46. The summed E-state index contributed by atoms with van der Waals surface area (Å²) in [7, 11) is -3.99. The number of carbonyl (C=O) groups excluding carboxylic acids is 5. The molecule has 5 amide bonds. The fraction of sp³-hybridized carbons (Fsp3) is 0.500. The van der Waals surface area contributed by atoms with Crippen molar-refractivity contribution in [3.63, 3.8) is 0 Å². The third-order valence-corrected chi connectivity index (χ3v) is 26.4. The van der Waals surface area contributed by atoms with Crippen molar-refractivity contribution in [2.75, 3.05) is 37.9 Å². The first-order valence-electron chi connectivity index (χ1n) is 34.6. The quantitative estimate of drug-likeness (QED) is 0.0471. The number of aliphatic carboxylic acids is 1. The van der Waals surface area contributed by atoms with Gasteiger partial charge in [-0.15, -0.1) is 0 Å². The molecule has 10 atom stereocenters. The molecule has 4 aliphatic heterocycles. The first-order valence-corrected chi connectivity index (χ1v) is 39.2. The van der Waals surface area contributed by atoms with Crippen molar-refractivity contribution in [1.29, 1.82) is 0 Å². The molecule has 0 unspecified atom stereocenters. The molecule has 4 aliphatic carbocycles. The van der Waals surface area contributed by atoms with E-state index in [1.807, 2.05) is 121 Å². The van der Waals surface area contributed by atoms with Crippen LogP contribution in [0.5, 0.6) is 21.9 Å². The largest absolute Gasteiger partial charge is 0.497 e. The second kappa shape index (κ2) is 29.9. The third-order valence-electron chi connectivity index (χ3n) is 20.6. The number of rotatable bonds is 15. The molecule has 2 saturated heterocycles. The Morgan fingerprint density at radius 2 is 1.05 bits per heavy atom. The number of sulfonamides is 2. The van der Waals surface area contributed by atoms with Crippen molar-refractivity contribution in [2.24, 2.45) is 17.0 Å². The minimum absolute atomic E-state index is 0.137. The molecular formula is C72H88N10O15S4. The van der Waals surface area contributed by atoms with Gasteiger partial charge in [0, 0.05) is 48.2 Å². The molecule has 8 N–H and O–H groups in total. The number of thiazole rings is 2. The monoisotopic (exact) mass is 1460 g/mol. The number of carbonyl (C=O) groups is 6. The summed E-state index contributed by atoms with van der Waals surface area (Å²) in [6, 6.07) is 27.1. The van der Waals surface area contributed by atoms with Crippen LogP contribution >= 0.6 is 22.7 Å². The average molecular weight is 1460 g/mol. The normalized spacial score (nSPS) is 28.3. The van der Waals surface area contributed by atoms with Crippen molar-refractivity contribution in [3.05, 3.63) is 121 Å². The number of benzene rings is 4. The molecule has 101 heavy (non-hydrogen) atoms. The smallest absolute Gasteiger partial charge is 0.330 e. The van der Waals surface area contributed by atoms with Crippen LogP contribution in [0.4, 0.5) is 11.4 Å². The number of amides is 5. The van der Waals surface area contributed by atoms with E-state index in [0.717, 1.165) is 90.3 Å². The Hall–Kier alpha value is -8.38. The Balaban J connectivity index is 0.000000173. The lowest BCUT2D eigenvalue weighted by Gasteiger charge is -2.30. The molecule has 4 saturated carbocycles. The third kappa shape index (κ3) is 16.6. The minimum atomic E-state index is -3.94. The van der Waals surface area contributed by atoms with E-state index in [-0.39, 0.29) is 56.0 Å². The Kier molecular flexibility index (Phi) is 21.4. The van der Waals surface area contributed by atoms with Gasteiger partial charge in [0.15, 0.2) is 0 Å². The number of allylic oxidation sites excluding steroid dienone is 2. The number of aromatic nitrogens is 2. The van der Waals surface area contributed by atoms with Crippen LogP contribution in [0.25, 0.3) is 20.4 Å². The summed E-state index contributed by atoms with van der Waals surface area (Å²) in [6.07, 6.45) is 18.1. The first kappa shape index (κ1) is 72.4. The number of nitrogens with one attached hydrogen (secondary N) is 5. The minimum Gasteiger partial charge on any atom is -0.497 e. The number of ether oxygens (including phenoxy) is 4. The molecule has 6 fully saturated rings. The second-order valence-corrected chi connectivity index (χ2v) is 34.3. The maximum absolute atomic E-state index is 14.5. The van der Waals surface area contributed by atoms with Crippen LogP contribution in [0.1, 0.15) is 129 Å². The van der Waals surface area contributed by atoms with Gasteiger partial charge in [-0.2, -0.15) is 0 Å². The number of carboxylic acid groups (broad SMARTS) is 1. The zero-order valence-corrected chi connectivity index (χ0v) is 60.2.